The molecule has 0 aromatic heterocycles. The fraction of sp³-hybridized carbons (Fsp3) is 0.818. The molecule has 5 heteroatoms. The highest BCUT2D eigenvalue weighted by atomic mass is 16.3. The second kappa shape index (κ2) is 6.48. The topological polar surface area (TPSA) is 102 Å². The van der Waals surface area contributed by atoms with E-state index >= 15 is 0 Å². The average Bonchev–Trinajstić information content (AvgIpc) is 2.24. The third-order valence-corrected chi connectivity index (χ3v) is 2.75. The van der Waals surface area contributed by atoms with Crippen LogP contribution in [-0.2, 0) is 4.79 Å². The molecule has 1 saturated carbocycles. The fourth-order valence-corrected chi connectivity index (χ4v) is 1.90. The van der Waals surface area contributed by atoms with Crippen molar-refractivity contribution >= 4 is 11.7 Å². The number of nitrogens with two attached hydrogens (primary N) is 2. The van der Waals surface area contributed by atoms with Crippen molar-refractivity contribution in [3.8, 4) is 0 Å². The number of hydrogen-bond donors (Lipinski definition) is 3. The van der Waals surface area contributed by atoms with Gasteiger partial charge in [-0.05, 0) is 26.2 Å². The number of Topliss-reactive ketones (excluding diaryl/α,β-unsaturated/α-hetero) is 1. The van der Waals surface area contributed by atoms with Gasteiger partial charge in [0.25, 0.3) is 0 Å². The van der Waals surface area contributed by atoms with Gasteiger partial charge in [0.2, 0.25) is 0 Å². The van der Waals surface area contributed by atoms with Crippen LogP contribution in [0.4, 0.5) is 0 Å². The molecule has 1 aliphatic rings. The summed E-state index contributed by atoms with van der Waals surface area (Å²) in [6.07, 6.45) is 2.89. The largest absolute Gasteiger partial charge is 0.380 e. The molecular formula is C11H23N3O2. The Morgan fingerprint density at radius 1 is 1.38 bits per heavy atom. The summed E-state index contributed by atoms with van der Waals surface area (Å²) in [7, 11) is 0. The van der Waals surface area contributed by atoms with Gasteiger partial charge >= 0.3 is 0 Å². The summed E-state index contributed by atoms with van der Waals surface area (Å²) >= 11 is 0. The summed E-state index contributed by atoms with van der Waals surface area (Å²) in [5.74, 6) is -0.330. The molecule has 5 nitrogen and oxygen atoms in total. The van der Waals surface area contributed by atoms with E-state index in [0.717, 1.165) is 12.8 Å². The van der Waals surface area contributed by atoms with E-state index in [1.54, 1.807) is 0 Å². The molecule has 0 aliphatic heterocycles. The van der Waals surface area contributed by atoms with Gasteiger partial charge in [-0.3, -0.25) is 4.79 Å². The Bertz CT molecular complexity index is 262. The van der Waals surface area contributed by atoms with Crippen molar-refractivity contribution in [1.82, 2.24) is 0 Å². The molecular weight excluding hydrogens is 206 g/mol. The maximum absolute atomic E-state index is 11.3. The molecule has 5 N–H and O–H groups in total. The summed E-state index contributed by atoms with van der Waals surface area (Å²) in [5, 5.41) is 10.1. The van der Waals surface area contributed by atoms with E-state index in [-0.39, 0.29) is 11.7 Å². The number of guanidine groups is 1. The van der Waals surface area contributed by atoms with Crippen LogP contribution in [0.1, 0.15) is 46.5 Å². The van der Waals surface area contributed by atoms with Crippen LogP contribution in [0.3, 0.4) is 0 Å². The lowest BCUT2D eigenvalue weighted by Gasteiger charge is -2.35. The molecule has 2 unspecified atom stereocenters. The Labute approximate surface area is 96.9 Å². The van der Waals surface area contributed by atoms with Crippen molar-refractivity contribution < 1.29 is 9.90 Å². The molecule has 0 heterocycles. The Morgan fingerprint density at radius 3 is 2.38 bits per heavy atom. The van der Waals surface area contributed by atoms with Gasteiger partial charge in [0.05, 0.1) is 6.04 Å². The number of ketones is 1. The van der Waals surface area contributed by atoms with Crippen molar-refractivity contribution in [3.05, 3.63) is 0 Å². The van der Waals surface area contributed by atoms with Gasteiger partial charge in [-0.1, -0.05) is 20.3 Å². The zero-order valence-electron chi connectivity index (χ0n) is 10.4. The van der Waals surface area contributed by atoms with Crippen LogP contribution in [0, 0.1) is 0 Å². The predicted octanol–water partition coefficient (Wildman–Crippen LogP) is 0.549. The quantitative estimate of drug-likeness (QED) is 0.475. The van der Waals surface area contributed by atoms with Crippen LogP contribution in [-0.4, -0.2) is 28.5 Å². The van der Waals surface area contributed by atoms with E-state index in [2.05, 4.69) is 4.99 Å². The second-order valence-electron chi connectivity index (χ2n) is 3.80. The number of rotatable bonds is 2. The predicted molar refractivity (Wildman–Crippen MR) is 65.0 cm³/mol. The standard InChI is InChI=1S/C9H17N3O2.C2H6/c1-6(13)9(14)5-3-2-4-7(9)12-8(10)11;1-2/h7,14H,2-5H2,1H3,(H4,10,11,12);1-2H3. The molecule has 0 saturated heterocycles. The minimum atomic E-state index is -1.36. The summed E-state index contributed by atoms with van der Waals surface area (Å²) in [6.45, 7) is 5.38. The van der Waals surface area contributed by atoms with Gasteiger partial charge < -0.3 is 16.6 Å². The molecule has 2 atom stereocenters. The Hall–Kier alpha value is -1.10. The van der Waals surface area contributed by atoms with E-state index < -0.39 is 11.6 Å². The van der Waals surface area contributed by atoms with Gasteiger partial charge in [-0.25, -0.2) is 4.99 Å². The number of nitrogens with zero attached hydrogens (tertiary/aromatic N) is 1. The minimum absolute atomic E-state index is 0.0726. The molecule has 1 aliphatic carbocycles. The van der Waals surface area contributed by atoms with Crippen molar-refractivity contribution in [2.24, 2.45) is 16.5 Å². The highest BCUT2D eigenvalue weighted by Crippen LogP contribution is 2.31. The van der Waals surface area contributed by atoms with Crippen molar-refractivity contribution in [1.29, 1.82) is 0 Å². The van der Waals surface area contributed by atoms with Crippen molar-refractivity contribution in [2.45, 2.75) is 58.1 Å². The Balaban J connectivity index is 0.00000106. The monoisotopic (exact) mass is 229 g/mol. The highest BCUT2D eigenvalue weighted by Gasteiger charge is 2.43. The van der Waals surface area contributed by atoms with E-state index in [1.807, 2.05) is 13.8 Å². The van der Waals surface area contributed by atoms with Gasteiger partial charge in [-0.2, -0.15) is 0 Å². The van der Waals surface area contributed by atoms with Crippen LogP contribution in [0.5, 0.6) is 0 Å². The first-order chi connectivity index (χ1) is 7.47. The number of carbonyl (C=O) groups excluding carboxylic acids is 1. The molecule has 16 heavy (non-hydrogen) atoms. The van der Waals surface area contributed by atoms with Crippen LogP contribution < -0.4 is 11.5 Å². The lowest BCUT2D eigenvalue weighted by molar-refractivity contribution is -0.140. The first-order valence-corrected chi connectivity index (χ1v) is 5.79. The summed E-state index contributed by atoms with van der Waals surface area (Å²) in [5.41, 5.74) is 9.14. The Kier molecular flexibility index (Phi) is 6.03. The first-order valence-electron chi connectivity index (χ1n) is 5.79. The average molecular weight is 229 g/mol. The first kappa shape index (κ1) is 14.9. The number of carbonyl (C=O) groups is 1. The van der Waals surface area contributed by atoms with Crippen LogP contribution in [0.25, 0.3) is 0 Å². The van der Waals surface area contributed by atoms with E-state index in [4.69, 9.17) is 11.5 Å². The molecule has 0 radical (unpaired) electrons. The SMILES string of the molecule is CC.CC(=O)C1(O)CCCCC1N=C(N)N. The molecule has 0 amide bonds. The molecule has 1 rings (SSSR count). The molecule has 0 bridgehead atoms. The van der Waals surface area contributed by atoms with Gasteiger partial charge in [0.15, 0.2) is 11.7 Å². The minimum Gasteiger partial charge on any atom is -0.380 e. The van der Waals surface area contributed by atoms with E-state index in [1.165, 1.54) is 6.92 Å². The fourth-order valence-electron chi connectivity index (χ4n) is 1.90. The highest BCUT2D eigenvalue weighted by molar-refractivity contribution is 5.86. The maximum atomic E-state index is 11.3. The maximum Gasteiger partial charge on any atom is 0.186 e. The van der Waals surface area contributed by atoms with E-state index in [0.29, 0.717) is 12.8 Å². The smallest absolute Gasteiger partial charge is 0.186 e. The zero-order valence-corrected chi connectivity index (χ0v) is 10.4. The molecule has 0 aromatic rings. The van der Waals surface area contributed by atoms with Crippen LogP contribution in [0.2, 0.25) is 0 Å². The molecule has 1 fully saturated rings. The van der Waals surface area contributed by atoms with Crippen molar-refractivity contribution in [2.75, 3.05) is 0 Å². The van der Waals surface area contributed by atoms with E-state index in [9.17, 15) is 9.90 Å². The summed E-state index contributed by atoms with van der Waals surface area (Å²) < 4.78 is 0. The normalized spacial score (nSPS) is 28.6. The number of aliphatic imine (C=N–C) groups is 1. The lowest BCUT2D eigenvalue weighted by Crippen LogP contribution is -2.50. The van der Waals surface area contributed by atoms with Gasteiger partial charge in [-0.15, -0.1) is 0 Å². The number of hydrogen-bond acceptors (Lipinski definition) is 3. The molecule has 94 valence electrons. The zero-order chi connectivity index (χ0) is 12.8. The third kappa shape index (κ3) is 3.48. The van der Waals surface area contributed by atoms with Crippen molar-refractivity contribution in [3.63, 3.8) is 0 Å². The van der Waals surface area contributed by atoms with Crippen LogP contribution >= 0.6 is 0 Å². The second-order valence-corrected chi connectivity index (χ2v) is 3.80. The summed E-state index contributed by atoms with van der Waals surface area (Å²) in [4.78, 5) is 15.2. The third-order valence-electron chi connectivity index (χ3n) is 2.75. The summed E-state index contributed by atoms with van der Waals surface area (Å²) in [6, 6.07) is -0.473. The van der Waals surface area contributed by atoms with Gasteiger partial charge in [0.1, 0.15) is 5.60 Å². The van der Waals surface area contributed by atoms with Crippen LogP contribution in [0.15, 0.2) is 4.99 Å². The molecule has 0 aromatic carbocycles. The molecule has 0 spiro atoms. The van der Waals surface area contributed by atoms with Gasteiger partial charge in [0, 0.05) is 0 Å². The Morgan fingerprint density at radius 2 is 1.94 bits per heavy atom. The number of aliphatic hydroxyl groups is 1. The lowest BCUT2D eigenvalue weighted by atomic mass is 9.78.